The van der Waals surface area contributed by atoms with Crippen molar-refractivity contribution in [2.24, 2.45) is 7.05 Å². The van der Waals surface area contributed by atoms with Gasteiger partial charge < -0.3 is 10.2 Å². The lowest BCUT2D eigenvalue weighted by molar-refractivity contribution is 0.0462. The first-order valence-corrected chi connectivity index (χ1v) is 6.68. The van der Waals surface area contributed by atoms with Gasteiger partial charge in [-0.3, -0.25) is 9.48 Å². The van der Waals surface area contributed by atoms with E-state index in [2.05, 4.69) is 5.10 Å². The Bertz CT molecular complexity index is 1480. The first-order valence-electron chi connectivity index (χ1n) is 15.7. The maximum absolute atomic E-state index is 13.5. The van der Waals surface area contributed by atoms with Gasteiger partial charge in [-0.05, 0) is 38.6 Å². The van der Waals surface area contributed by atoms with Crippen molar-refractivity contribution in [3.63, 3.8) is 0 Å². The molecule has 1 N–H and O–H groups in total. The molecule has 0 radical (unpaired) electrons. The predicted octanol–water partition coefficient (Wildman–Crippen LogP) is 2.32. The van der Waals surface area contributed by atoms with Gasteiger partial charge in [0.2, 0.25) is 0 Å². The number of rotatable bonds is 2. The summed E-state index contributed by atoms with van der Waals surface area (Å²) in [5.41, 5.74) is -0.994. The molecule has 5 heteroatoms. The summed E-state index contributed by atoms with van der Waals surface area (Å²) >= 11 is 0. The van der Waals surface area contributed by atoms with Gasteiger partial charge in [0.25, 0.3) is 5.91 Å². The van der Waals surface area contributed by atoms with Crippen LogP contribution in [0.3, 0.4) is 0 Å². The van der Waals surface area contributed by atoms with E-state index >= 15 is 0 Å². The van der Waals surface area contributed by atoms with Crippen LogP contribution in [0.15, 0.2) is 24.2 Å². The van der Waals surface area contributed by atoms with Crippen molar-refractivity contribution in [2.75, 3.05) is 6.98 Å². The number of carbonyl (C=O) groups is 1. The predicted molar refractivity (Wildman–Crippen MR) is 90.4 cm³/mol. The van der Waals surface area contributed by atoms with Gasteiger partial charge >= 0.3 is 0 Å². The summed E-state index contributed by atoms with van der Waals surface area (Å²) in [5, 5.41) is 5.29. The van der Waals surface area contributed by atoms with E-state index in [1.54, 1.807) is 0 Å². The number of hydrogen-bond acceptors (Lipinski definition) is 3. The molecule has 1 aromatic heterocycles. The van der Waals surface area contributed by atoms with E-state index in [1.807, 2.05) is 5.32 Å². The molecule has 2 aliphatic heterocycles. The Morgan fingerprint density at radius 1 is 1.48 bits per heavy atom. The summed E-state index contributed by atoms with van der Waals surface area (Å²) in [6.07, 6.45) is -17.2. The Kier molecular flexibility index (Phi) is 1.18. The van der Waals surface area contributed by atoms with Gasteiger partial charge in [-0.2, -0.15) is 5.10 Å². The molecule has 0 saturated carbocycles. The SMILES string of the molecule is [2H]c1c([2H])c([2H])c2c(c(C(=O)NC3([2H])C[C@]4([2H])N(C([2H])([2H])[2H])[C@@]([2H])(C3([2H])[2H])C([2H])([2H])C([2H])([2H])C4([2H])[2H])nn2C)c1[2H]. The smallest absolute Gasteiger partial charge is 0.272 e. The molecule has 2 aromatic rings. The number of aromatic nitrogens is 2. The largest absolute Gasteiger partial charge is 0.348 e. The lowest BCUT2D eigenvalue weighted by Crippen LogP contribution is -2.55. The quantitative estimate of drug-likeness (QED) is 0.919. The summed E-state index contributed by atoms with van der Waals surface area (Å²) in [5.74, 6) is -1.49. The lowest BCUT2D eigenvalue weighted by Gasteiger charge is -2.47. The Balaban J connectivity index is 1.99. The number of nitrogens with one attached hydrogen (secondary N) is 1. The molecule has 1 unspecified atom stereocenters. The molecule has 5 nitrogen and oxygen atoms in total. The van der Waals surface area contributed by atoms with Gasteiger partial charge in [-0.25, -0.2) is 0 Å². The third kappa shape index (κ3) is 2.53. The second kappa shape index (κ2) is 5.64. The first kappa shape index (κ1) is 4.82. The summed E-state index contributed by atoms with van der Waals surface area (Å²) in [6, 6.07) is -13.6. The average Bonchev–Trinajstić information content (AvgIpc) is 3.15. The van der Waals surface area contributed by atoms with Crippen LogP contribution >= 0.6 is 0 Å². The van der Waals surface area contributed by atoms with Crippen LogP contribution in [-0.4, -0.2) is 45.6 Å². The van der Waals surface area contributed by atoms with Gasteiger partial charge in [-0.1, -0.05) is 24.5 Å². The molecule has 2 bridgehead atoms. The minimum absolute atomic E-state index is 0.243. The van der Waals surface area contributed by atoms with Crippen molar-refractivity contribution in [3.8, 4) is 0 Å². The molecule has 4 rings (SSSR count). The molecule has 2 aliphatic rings. The van der Waals surface area contributed by atoms with Crippen LogP contribution in [0.1, 0.15) is 67.1 Å². The van der Waals surface area contributed by atoms with Gasteiger partial charge in [-0.15, -0.1) is 0 Å². The second-order valence-corrected chi connectivity index (χ2v) is 4.94. The summed E-state index contributed by atoms with van der Waals surface area (Å²) in [7, 11) is 1.23. The monoisotopic (exact) mass is 330 g/mol. The number of nitrogens with zero attached hydrogens (tertiary/aromatic N) is 3. The van der Waals surface area contributed by atoms with E-state index in [-0.39, 0.29) is 10.4 Å². The van der Waals surface area contributed by atoms with Gasteiger partial charge in [0, 0.05) is 48.3 Å². The fourth-order valence-electron chi connectivity index (χ4n) is 2.37. The lowest BCUT2D eigenvalue weighted by atomic mass is 9.82. The first-order chi connectivity index (χ1) is 18.1. The topological polar surface area (TPSA) is 50.2 Å². The van der Waals surface area contributed by atoms with Crippen molar-refractivity contribution in [1.29, 1.82) is 0 Å². The molecule has 3 heterocycles. The molecular formula is C18H24N4O. The zero-order chi connectivity index (χ0) is 31.9. The summed E-state index contributed by atoms with van der Waals surface area (Å²) in [4.78, 5) is 13.1. The van der Waals surface area contributed by atoms with Crippen molar-refractivity contribution in [1.82, 2.24) is 20.0 Å². The standard InChI is InChI=1S/C18H24N4O/c1-21-13-6-5-7-14(21)11-12(10-13)19-18(23)17-15-8-3-4-9-16(15)22(2)20-17/h3-4,8-9,12-14H,5-7,10-11H2,1-2H3,(H,19,23)/t13-,14-/m1/s1/i1D3,3D,4D,5D2,6D2,7D2,8D,9D,10D2,12D,13D,14D/t12?,13-,14-. The van der Waals surface area contributed by atoms with Crippen LogP contribution in [0.4, 0.5) is 0 Å². The number of aryl methyl sites for hydroxylation is 1. The highest BCUT2D eigenvalue weighted by atomic mass is 16.2. The van der Waals surface area contributed by atoms with Crippen LogP contribution in [0, 0.1) is 0 Å². The molecule has 2 saturated heterocycles. The van der Waals surface area contributed by atoms with Crippen LogP contribution in [0.25, 0.3) is 10.9 Å². The molecule has 122 valence electrons. The van der Waals surface area contributed by atoms with Gasteiger partial charge in [0.15, 0.2) is 5.69 Å². The number of para-hydroxylation sites is 1. The number of benzene rings is 1. The van der Waals surface area contributed by atoms with Crippen LogP contribution in [-0.2, 0) is 7.05 Å². The van der Waals surface area contributed by atoms with Crippen molar-refractivity contribution in [2.45, 2.75) is 50.0 Å². The molecule has 2 fully saturated rings. The highest BCUT2D eigenvalue weighted by Crippen LogP contribution is 2.32. The van der Waals surface area contributed by atoms with E-state index in [4.69, 9.17) is 24.7 Å². The van der Waals surface area contributed by atoms with Crippen molar-refractivity contribution in [3.05, 3.63) is 29.9 Å². The number of amides is 1. The molecule has 23 heavy (non-hydrogen) atoms. The molecule has 0 spiro atoms. The Morgan fingerprint density at radius 3 is 3.17 bits per heavy atom. The normalized spacial score (nSPS) is 58.3. The number of carbonyl (C=O) groups excluding carboxylic acids is 1. The number of piperidine rings is 2. The van der Waals surface area contributed by atoms with Crippen molar-refractivity contribution < 1.29 is 29.5 Å². The minimum atomic E-state index is -4.04. The number of hydrogen-bond donors (Lipinski definition) is 1. The zero-order valence-corrected chi connectivity index (χ0v) is 12.0. The maximum atomic E-state index is 13.5. The Labute approximate surface area is 161 Å². The van der Waals surface area contributed by atoms with Crippen LogP contribution < -0.4 is 5.32 Å². The zero-order valence-electron chi connectivity index (χ0n) is 30.0. The van der Waals surface area contributed by atoms with E-state index in [1.165, 1.54) is 7.05 Å². The average molecular weight is 331 g/mol. The third-order valence-electron chi connectivity index (χ3n) is 3.45. The molecular weight excluding hydrogens is 288 g/mol. The summed E-state index contributed by atoms with van der Waals surface area (Å²) < 4.78 is 151. The molecule has 3 atom stereocenters. The summed E-state index contributed by atoms with van der Waals surface area (Å²) in [6.45, 7) is -3.75. The minimum Gasteiger partial charge on any atom is -0.348 e. The van der Waals surface area contributed by atoms with Gasteiger partial charge in [0.1, 0.15) is 0 Å². The Hall–Kier alpha value is -1.88. The molecule has 1 amide bonds. The van der Waals surface area contributed by atoms with E-state index in [0.717, 1.165) is 4.68 Å². The highest BCUT2D eigenvalue weighted by molar-refractivity contribution is 6.04. The molecule has 1 aromatic carbocycles. The maximum Gasteiger partial charge on any atom is 0.272 e. The van der Waals surface area contributed by atoms with E-state index in [9.17, 15) is 4.79 Å². The fraction of sp³-hybridized carbons (Fsp3) is 0.556. The fourth-order valence-corrected chi connectivity index (χ4v) is 2.37. The Morgan fingerprint density at radius 2 is 2.30 bits per heavy atom. The number of fused-ring (bicyclic) bond motifs is 3. The van der Waals surface area contributed by atoms with Gasteiger partial charge in [0.05, 0.1) is 12.4 Å². The third-order valence-corrected chi connectivity index (χ3v) is 3.45. The van der Waals surface area contributed by atoms with E-state index in [0.29, 0.717) is 0 Å². The highest BCUT2D eigenvalue weighted by Gasteiger charge is 2.36. The van der Waals surface area contributed by atoms with E-state index < -0.39 is 98.1 Å². The van der Waals surface area contributed by atoms with Crippen LogP contribution in [0.5, 0.6) is 0 Å². The second-order valence-electron chi connectivity index (χ2n) is 4.94. The van der Waals surface area contributed by atoms with Crippen molar-refractivity contribution >= 4 is 16.8 Å². The molecule has 0 aliphatic carbocycles. The van der Waals surface area contributed by atoms with Crippen LogP contribution in [0.2, 0.25) is 0 Å².